The number of hydrogen-bond donors (Lipinski definition) is 2. The molecule has 0 aliphatic carbocycles. The maximum absolute atomic E-state index is 11.2. The monoisotopic (exact) mass is 227 g/mol. The minimum absolute atomic E-state index is 0.239. The minimum Gasteiger partial charge on any atom is -0.467 e. The van der Waals surface area contributed by atoms with Gasteiger partial charge >= 0.3 is 5.97 Å². The molecule has 0 aliphatic rings. The second-order valence-corrected chi connectivity index (χ2v) is 3.86. The van der Waals surface area contributed by atoms with Gasteiger partial charge in [0.2, 0.25) is 0 Å². The smallest absolute Gasteiger partial charge is 0.330 e. The van der Waals surface area contributed by atoms with Crippen molar-refractivity contribution in [1.29, 1.82) is 0 Å². The van der Waals surface area contributed by atoms with Crippen LogP contribution in [-0.2, 0) is 9.53 Å². The number of unbranched alkanes of at least 4 members (excludes halogenated alkanes) is 3. The Morgan fingerprint density at radius 1 is 1.50 bits per heavy atom. The quantitative estimate of drug-likeness (QED) is 0.388. The zero-order valence-corrected chi connectivity index (χ0v) is 10.0. The third-order valence-corrected chi connectivity index (χ3v) is 2.13. The van der Waals surface area contributed by atoms with E-state index in [4.69, 9.17) is 10.8 Å². The second-order valence-electron chi connectivity index (χ2n) is 3.86. The summed E-state index contributed by atoms with van der Waals surface area (Å²) in [7, 11) is 1.31. The molecule has 16 heavy (non-hydrogen) atoms. The van der Waals surface area contributed by atoms with Crippen molar-refractivity contribution in [2.24, 2.45) is 5.73 Å². The van der Waals surface area contributed by atoms with Gasteiger partial charge in [0.15, 0.2) is 0 Å². The fourth-order valence-corrected chi connectivity index (χ4v) is 1.13. The molecule has 0 heterocycles. The number of nitrogens with two attached hydrogens (primary N) is 1. The summed E-state index contributed by atoms with van der Waals surface area (Å²) in [4.78, 5) is 11.2. The lowest BCUT2D eigenvalue weighted by molar-refractivity contribution is -0.144. The highest BCUT2D eigenvalue weighted by Gasteiger charge is 2.25. The van der Waals surface area contributed by atoms with E-state index in [-0.39, 0.29) is 6.61 Å². The molecule has 0 saturated carbocycles. The van der Waals surface area contributed by atoms with Crippen LogP contribution in [0.25, 0.3) is 0 Å². The Morgan fingerprint density at radius 2 is 2.19 bits per heavy atom. The number of aliphatic hydroxyl groups is 1. The van der Waals surface area contributed by atoms with E-state index < -0.39 is 11.5 Å². The molecule has 0 aliphatic heterocycles. The summed E-state index contributed by atoms with van der Waals surface area (Å²) in [6.07, 6.45) is 7.03. The van der Waals surface area contributed by atoms with Crippen LogP contribution in [0, 0.1) is 0 Å². The van der Waals surface area contributed by atoms with Crippen LogP contribution in [0.5, 0.6) is 0 Å². The summed E-state index contributed by atoms with van der Waals surface area (Å²) in [5, 5.41) is 8.56. The normalized spacial score (nSPS) is 13.5. The number of methoxy groups -OCH3 is 1. The first-order chi connectivity index (χ1) is 7.54. The van der Waals surface area contributed by atoms with Gasteiger partial charge < -0.3 is 15.6 Å². The minimum atomic E-state index is -1.11. The van der Waals surface area contributed by atoms with Crippen molar-refractivity contribution in [3.8, 4) is 0 Å². The predicted molar refractivity (Wildman–Crippen MR) is 62.8 cm³/mol. The number of esters is 1. The van der Waals surface area contributed by atoms with Crippen LogP contribution in [0.1, 0.15) is 32.6 Å². The first kappa shape index (κ1) is 14.9. The van der Waals surface area contributed by atoms with Crippen molar-refractivity contribution < 1.29 is 14.6 Å². The predicted octanol–water partition coefficient (Wildman–Crippen LogP) is 1.14. The number of aliphatic hydroxyl groups excluding tert-OH is 1. The molecule has 0 aromatic heterocycles. The van der Waals surface area contributed by atoms with E-state index in [0.29, 0.717) is 0 Å². The topological polar surface area (TPSA) is 72.5 Å². The SMILES string of the molecule is COC(=O)[C@](C)(N)C=C=CCCCCCO. The van der Waals surface area contributed by atoms with E-state index in [1.807, 2.05) is 6.08 Å². The molecule has 4 nitrogen and oxygen atoms in total. The van der Waals surface area contributed by atoms with Gasteiger partial charge in [-0.05, 0) is 38.3 Å². The molecular formula is C12H21NO3. The number of ether oxygens (including phenoxy) is 1. The van der Waals surface area contributed by atoms with E-state index in [9.17, 15) is 4.79 Å². The molecule has 3 N–H and O–H groups in total. The summed E-state index contributed by atoms with van der Waals surface area (Å²) in [5.41, 5.74) is 7.45. The molecule has 1 atom stereocenters. The van der Waals surface area contributed by atoms with Gasteiger partial charge in [-0.2, -0.15) is 0 Å². The molecule has 4 heteroatoms. The molecule has 0 unspecified atom stereocenters. The molecule has 0 bridgehead atoms. The highest BCUT2D eigenvalue weighted by atomic mass is 16.5. The van der Waals surface area contributed by atoms with Crippen molar-refractivity contribution in [1.82, 2.24) is 0 Å². The molecule has 92 valence electrons. The Bertz CT molecular complexity index is 265. The van der Waals surface area contributed by atoms with Crippen molar-refractivity contribution in [3.63, 3.8) is 0 Å². The molecular weight excluding hydrogens is 206 g/mol. The highest BCUT2D eigenvalue weighted by Crippen LogP contribution is 2.04. The lowest BCUT2D eigenvalue weighted by Gasteiger charge is -2.14. The van der Waals surface area contributed by atoms with E-state index in [1.165, 1.54) is 13.2 Å². The third-order valence-electron chi connectivity index (χ3n) is 2.13. The Kier molecular flexibility index (Phi) is 7.56. The average molecular weight is 227 g/mol. The first-order valence-electron chi connectivity index (χ1n) is 5.45. The Morgan fingerprint density at radius 3 is 2.75 bits per heavy atom. The zero-order valence-electron chi connectivity index (χ0n) is 10.0. The number of hydrogen-bond acceptors (Lipinski definition) is 4. The average Bonchev–Trinajstić information content (AvgIpc) is 2.26. The van der Waals surface area contributed by atoms with Gasteiger partial charge in [-0.3, -0.25) is 0 Å². The number of carbonyl (C=O) groups excluding carboxylic acids is 1. The Balaban J connectivity index is 3.97. The van der Waals surface area contributed by atoms with E-state index in [0.717, 1.165) is 25.7 Å². The van der Waals surface area contributed by atoms with Crippen LogP contribution < -0.4 is 5.73 Å². The molecule has 0 amide bonds. The first-order valence-corrected chi connectivity index (χ1v) is 5.45. The van der Waals surface area contributed by atoms with Gasteiger partial charge in [0.1, 0.15) is 5.54 Å². The molecule has 0 fully saturated rings. The summed E-state index contributed by atoms with van der Waals surface area (Å²) in [5.74, 6) is -0.478. The van der Waals surface area contributed by atoms with Crippen LogP contribution >= 0.6 is 0 Å². The van der Waals surface area contributed by atoms with Gasteiger partial charge in [0.25, 0.3) is 0 Å². The van der Waals surface area contributed by atoms with Gasteiger partial charge in [-0.15, -0.1) is 5.73 Å². The highest BCUT2D eigenvalue weighted by molar-refractivity contribution is 5.82. The maximum atomic E-state index is 11.2. The molecule has 0 rings (SSSR count). The van der Waals surface area contributed by atoms with Gasteiger partial charge in [-0.25, -0.2) is 4.79 Å². The number of carbonyl (C=O) groups is 1. The summed E-state index contributed by atoms with van der Waals surface area (Å²) in [6.45, 7) is 1.81. The zero-order chi connectivity index (χ0) is 12.4. The van der Waals surface area contributed by atoms with Gasteiger partial charge in [0.05, 0.1) is 7.11 Å². The number of rotatable bonds is 7. The molecule has 0 saturated heterocycles. The lowest BCUT2D eigenvalue weighted by Crippen LogP contribution is -2.43. The van der Waals surface area contributed by atoms with Gasteiger partial charge in [-0.1, -0.05) is 6.42 Å². The Hall–Kier alpha value is -1.09. The third kappa shape index (κ3) is 6.40. The maximum Gasteiger partial charge on any atom is 0.330 e. The lowest BCUT2D eigenvalue weighted by atomic mass is 10.0. The van der Waals surface area contributed by atoms with E-state index in [1.54, 1.807) is 6.92 Å². The molecule has 0 aromatic rings. The van der Waals surface area contributed by atoms with E-state index in [2.05, 4.69) is 10.5 Å². The van der Waals surface area contributed by atoms with E-state index >= 15 is 0 Å². The summed E-state index contributed by atoms with van der Waals surface area (Å²) < 4.78 is 4.55. The van der Waals surface area contributed by atoms with Crippen molar-refractivity contribution >= 4 is 5.97 Å². The standard InChI is InChI=1S/C12H21NO3/c1-12(13,11(15)16-2)9-7-5-3-4-6-8-10-14/h5,9,14H,3-4,6,8,10,13H2,1-2H3/t7?,12-/m1/s1. The fourth-order valence-electron chi connectivity index (χ4n) is 1.13. The van der Waals surface area contributed by atoms with Gasteiger partial charge in [0, 0.05) is 6.61 Å². The summed E-state index contributed by atoms with van der Waals surface area (Å²) >= 11 is 0. The van der Waals surface area contributed by atoms with Crippen LogP contribution in [0.2, 0.25) is 0 Å². The van der Waals surface area contributed by atoms with Crippen molar-refractivity contribution in [2.45, 2.75) is 38.1 Å². The Labute approximate surface area is 96.8 Å². The van der Waals surface area contributed by atoms with Crippen molar-refractivity contribution in [2.75, 3.05) is 13.7 Å². The fraction of sp³-hybridized carbons (Fsp3) is 0.667. The van der Waals surface area contributed by atoms with Crippen LogP contribution in [0.3, 0.4) is 0 Å². The van der Waals surface area contributed by atoms with Crippen LogP contribution in [0.15, 0.2) is 17.9 Å². The van der Waals surface area contributed by atoms with Crippen molar-refractivity contribution in [3.05, 3.63) is 17.9 Å². The second kappa shape index (κ2) is 8.11. The molecule has 0 radical (unpaired) electrons. The van der Waals surface area contributed by atoms with Crippen LogP contribution in [0.4, 0.5) is 0 Å². The molecule has 0 aromatic carbocycles. The summed E-state index contributed by atoms with van der Waals surface area (Å²) in [6, 6.07) is 0. The largest absolute Gasteiger partial charge is 0.467 e. The molecule has 0 spiro atoms. The van der Waals surface area contributed by atoms with Crippen LogP contribution in [-0.4, -0.2) is 30.3 Å².